The summed E-state index contributed by atoms with van der Waals surface area (Å²) in [4.78, 5) is 15.8. The second-order valence-electron chi connectivity index (χ2n) is 3.24. The molecule has 2 aromatic rings. The van der Waals surface area contributed by atoms with Crippen molar-refractivity contribution in [2.75, 3.05) is 0 Å². The number of pyridine rings is 2. The normalized spacial score (nSPS) is 9.81. The summed E-state index contributed by atoms with van der Waals surface area (Å²) in [6.45, 7) is 5.91. The van der Waals surface area contributed by atoms with Crippen LogP contribution in [0.1, 0.15) is 19.5 Å². The van der Waals surface area contributed by atoms with E-state index in [1.807, 2.05) is 26.8 Å². The molecule has 0 amide bonds. The average molecular weight is 283 g/mol. The zero-order valence-corrected chi connectivity index (χ0v) is 11.5. The smallest absolute Gasteiger partial charge is 0.265 e. The molecule has 0 bridgehead atoms. The highest BCUT2D eigenvalue weighted by Gasteiger charge is 2.04. The van der Waals surface area contributed by atoms with E-state index >= 15 is 0 Å². The highest BCUT2D eigenvalue weighted by molar-refractivity contribution is 9.10. The quantitative estimate of drug-likeness (QED) is 0.745. The van der Waals surface area contributed by atoms with Crippen LogP contribution in [0.5, 0.6) is 0 Å². The molecular weight excluding hydrogens is 268 g/mol. The number of hydrogen-bond acceptors (Lipinski definition) is 2. The van der Waals surface area contributed by atoms with E-state index < -0.39 is 0 Å². The molecule has 0 spiro atoms. The average Bonchev–Trinajstić information content (AvgIpc) is 2.30. The molecule has 2 aromatic heterocycles. The molecule has 0 unspecified atom stereocenters. The van der Waals surface area contributed by atoms with Crippen molar-refractivity contribution in [3.8, 4) is 0 Å². The lowest BCUT2D eigenvalue weighted by molar-refractivity contribution is 0.896. The summed E-state index contributed by atoms with van der Waals surface area (Å²) in [7, 11) is 1.76. The van der Waals surface area contributed by atoms with Crippen molar-refractivity contribution in [3.05, 3.63) is 38.9 Å². The summed E-state index contributed by atoms with van der Waals surface area (Å²) >= 11 is 3.22. The Labute approximate surface area is 103 Å². The van der Waals surface area contributed by atoms with Gasteiger partial charge in [-0.3, -0.25) is 9.78 Å². The lowest BCUT2D eigenvalue weighted by Crippen LogP contribution is -2.17. The van der Waals surface area contributed by atoms with Gasteiger partial charge in [0.15, 0.2) is 0 Å². The molecule has 0 saturated carbocycles. The molecule has 0 fully saturated rings. The van der Waals surface area contributed by atoms with Gasteiger partial charge in [-0.15, -0.1) is 0 Å². The Bertz CT molecular complexity index is 561. The van der Waals surface area contributed by atoms with Crippen LogP contribution in [0.2, 0.25) is 0 Å². The maximum atomic E-state index is 11.6. The summed E-state index contributed by atoms with van der Waals surface area (Å²) in [6, 6.07) is 3.70. The Hall–Kier alpha value is -1.16. The third-order valence-electron chi connectivity index (χ3n) is 2.20. The Morgan fingerprint density at radius 2 is 1.94 bits per heavy atom. The minimum Gasteiger partial charge on any atom is -0.310 e. The van der Waals surface area contributed by atoms with Crippen molar-refractivity contribution in [1.82, 2.24) is 9.55 Å². The van der Waals surface area contributed by atoms with Crippen molar-refractivity contribution in [1.29, 1.82) is 0 Å². The molecule has 4 heteroatoms. The van der Waals surface area contributed by atoms with Gasteiger partial charge in [-0.25, -0.2) is 0 Å². The molecule has 0 radical (unpaired) electrons. The van der Waals surface area contributed by atoms with Crippen LogP contribution in [0.15, 0.2) is 27.6 Å². The van der Waals surface area contributed by atoms with Crippen LogP contribution in [0, 0.1) is 6.92 Å². The number of nitrogens with zero attached hydrogens (tertiary/aromatic N) is 2. The molecule has 0 N–H and O–H groups in total. The molecule has 0 aliphatic carbocycles. The van der Waals surface area contributed by atoms with E-state index in [-0.39, 0.29) is 5.56 Å². The first kappa shape index (κ1) is 12.9. The molecule has 0 aromatic carbocycles. The van der Waals surface area contributed by atoms with Gasteiger partial charge in [-0.2, -0.15) is 0 Å². The SMILES string of the molecule is CC.Cc1cc2c(cn1)cc(Br)c(=O)n2C. The number of aromatic nitrogens is 2. The van der Waals surface area contributed by atoms with Crippen LogP contribution in [0.3, 0.4) is 0 Å². The molecule has 0 saturated heterocycles. The molecule has 2 rings (SSSR count). The molecule has 2 heterocycles. The molecule has 16 heavy (non-hydrogen) atoms. The van der Waals surface area contributed by atoms with Crippen molar-refractivity contribution in [2.45, 2.75) is 20.8 Å². The third kappa shape index (κ3) is 2.32. The molecule has 86 valence electrons. The van der Waals surface area contributed by atoms with Crippen LogP contribution in [0.25, 0.3) is 10.9 Å². The number of hydrogen-bond donors (Lipinski definition) is 0. The van der Waals surface area contributed by atoms with Gasteiger partial charge >= 0.3 is 0 Å². The van der Waals surface area contributed by atoms with Crippen LogP contribution < -0.4 is 5.56 Å². The van der Waals surface area contributed by atoms with Gasteiger partial charge in [-0.05, 0) is 35.0 Å². The maximum Gasteiger partial charge on any atom is 0.265 e. The topological polar surface area (TPSA) is 34.9 Å². The predicted molar refractivity (Wildman–Crippen MR) is 70.8 cm³/mol. The number of rotatable bonds is 0. The fourth-order valence-electron chi connectivity index (χ4n) is 1.43. The van der Waals surface area contributed by atoms with Gasteiger partial charge < -0.3 is 4.57 Å². The highest BCUT2D eigenvalue weighted by atomic mass is 79.9. The van der Waals surface area contributed by atoms with Crippen molar-refractivity contribution < 1.29 is 0 Å². The standard InChI is InChI=1S/C10H9BrN2O.C2H6/c1-6-3-9-7(5-12-6)4-8(11)10(14)13(9)2;1-2/h3-5H,1-2H3;1-2H3. The van der Waals surface area contributed by atoms with Crippen LogP contribution in [0.4, 0.5) is 0 Å². The van der Waals surface area contributed by atoms with Gasteiger partial charge in [0.1, 0.15) is 0 Å². The van der Waals surface area contributed by atoms with Gasteiger partial charge in [0.2, 0.25) is 0 Å². The van der Waals surface area contributed by atoms with Crippen LogP contribution >= 0.6 is 15.9 Å². The zero-order chi connectivity index (χ0) is 12.3. The Morgan fingerprint density at radius 1 is 1.31 bits per heavy atom. The van der Waals surface area contributed by atoms with E-state index in [0.29, 0.717) is 4.47 Å². The Morgan fingerprint density at radius 3 is 2.56 bits per heavy atom. The summed E-state index contributed by atoms with van der Waals surface area (Å²) < 4.78 is 2.19. The second-order valence-corrected chi connectivity index (χ2v) is 4.10. The summed E-state index contributed by atoms with van der Waals surface area (Å²) in [6.07, 6.45) is 1.77. The van der Waals surface area contributed by atoms with E-state index in [0.717, 1.165) is 16.6 Å². The van der Waals surface area contributed by atoms with E-state index in [4.69, 9.17) is 0 Å². The van der Waals surface area contributed by atoms with Gasteiger partial charge in [0, 0.05) is 24.3 Å². The minimum absolute atomic E-state index is 0.0249. The molecule has 0 aliphatic heterocycles. The number of aryl methyl sites for hydroxylation is 2. The first-order valence-electron chi connectivity index (χ1n) is 5.21. The zero-order valence-electron chi connectivity index (χ0n) is 9.91. The summed E-state index contributed by atoms with van der Waals surface area (Å²) in [5.74, 6) is 0. The summed E-state index contributed by atoms with van der Waals surface area (Å²) in [5.41, 5.74) is 1.80. The lowest BCUT2D eigenvalue weighted by atomic mass is 10.2. The van der Waals surface area contributed by atoms with Crippen molar-refractivity contribution >= 4 is 26.8 Å². The number of halogens is 1. The van der Waals surface area contributed by atoms with Gasteiger partial charge in [0.05, 0.1) is 9.99 Å². The van der Waals surface area contributed by atoms with E-state index in [9.17, 15) is 4.79 Å². The Balaban J connectivity index is 0.000000606. The second kappa shape index (κ2) is 5.25. The fraction of sp³-hybridized carbons (Fsp3) is 0.333. The van der Waals surface area contributed by atoms with E-state index in [2.05, 4.69) is 20.9 Å². The largest absolute Gasteiger partial charge is 0.310 e. The molecular formula is C12H15BrN2O. The van der Waals surface area contributed by atoms with Crippen LogP contribution in [-0.4, -0.2) is 9.55 Å². The van der Waals surface area contributed by atoms with Crippen LogP contribution in [-0.2, 0) is 7.05 Å². The first-order chi connectivity index (χ1) is 7.59. The third-order valence-corrected chi connectivity index (χ3v) is 2.77. The molecule has 0 aliphatic rings. The van der Waals surface area contributed by atoms with Gasteiger partial charge in [-0.1, -0.05) is 13.8 Å². The van der Waals surface area contributed by atoms with Gasteiger partial charge in [0.25, 0.3) is 5.56 Å². The highest BCUT2D eigenvalue weighted by Crippen LogP contribution is 2.15. The summed E-state index contributed by atoms with van der Waals surface area (Å²) in [5, 5.41) is 0.963. The van der Waals surface area contributed by atoms with E-state index in [1.54, 1.807) is 23.9 Å². The predicted octanol–water partition coefficient (Wildman–Crippen LogP) is 3.03. The van der Waals surface area contributed by atoms with Crippen molar-refractivity contribution in [2.24, 2.45) is 7.05 Å². The Kier molecular flexibility index (Phi) is 4.24. The van der Waals surface area contributed by atoms with Crippen molar-refractivity contribution in [3.63, 3.8) is 0 Å². The molecule has 3 nitrogen and oxygen atoms in total. The monoisotopic (exact) mass is 282 g/mol. The minimum atomic E-state index is -0.0249. The number of fused-ring (bicyclic) bond motifs is 1. The lowest BCUT2D eigenvalue weighted by Gasteiger charge is -2.05. The van der Waals surface area contributed by atoms with E-state index in [1.165, 1.54) is 0 Å². The fourth-order valence-corrected chi connectivity index (χ4v) is 1.94. The molecule has 0 atom stereocenters. The maximum absolute atomic E-state index is 11.6. The first-order valence-corrected chi connectivity index (χ1v) is 6.01.